The number of aromatic nitrogens is 2. The molecule has 104 valence electrons. The van der Waals surface area contributed by atoms with Gasteiger partial charge in [0.15, 0.2) is 0 Å². The fraction of sp³-hybridized carbons (Fsp3) is 0.0667. The van der Waals surface area contributed by atoms with E-state index in [1.54, 1.807) is 19.5 Å². The Hall–Kier alpha value is -2.76. The molecule has 0 spiro atoms. The summed E-state index contributed by atoms with van der Waals surface area (Å²) in [7, 11) is 3.50. The zero-order valence-corrected chi connectivity index (χ0v) is 11.9. The summed E-state index contributed by atoms with van der Waals surface area (Å²) < 4.78 is 5.29. The molecule has 6 heteroatoms. The molecule has 0 aliphatic carbocycles. The fourth-order valence-corrected chi connectivity index (χ4v) is 2.16. The third-order valence-electron chi connectivity index (χ3n) is 3.25. The second-order valence-corrected chi connectivity index (χ2v) is 4.55. The van der Waals surface area contributed by atoms with Gasteiger partial charge in [0.2, 0.25) is 7.98 Å². The number of benzene rings is 1. The lowest BCUT2D eigenvalue weighted by molar-refractivity contribution is 0.415. The molecular formula is C15H15BN4O. The van der Waals surface area contributed by atoms with Crippen molar-refractivity contribution in [1.82, 2.24) is 9.97 Å². The Bertz CT molecular complexity index is 778. The number of hydrogen-bond acceptors (Lipinski definition) is 5. The summed E-state index contributed by atoms with van der Waals surface area (Å²) in [4.78, 5) is 8.62. The first kappa shape index (κ1) is 13.2. The average Bonchev–Trinajstić information content (AvgIpc) is 2.55. The van der Waals surface area contributed by atoms with Gasteiger partial charge in [0.1, 0.15) is 17.4 Å². The predicted octanol–water partition coefficient (Wildman–Crippen LogP) is 2.34. The van der Waals surface area contributed by atoms with Crippen LogP contribution in [-0.2, 0) is 0 Å². The molecule has 21 heavy (non-hydrogen) atoms. The van der Waals surface area contributed by atoms with E-state index in [0.717, 1.165) is 33.8 Å². The molecule has 0 atom stereocenters. The van der Waals surface area contributed by atoms with Crippen molar-refractivity contribution in [3.05, 3.63) is 48.8 Å². The van der Waals surface area contributed by atoms with Gasteiger partial charge in [-0.05, 0) is 29.7 Å². The molecule has 0 bridgehead atoms. The lowest BCUT2D eigenvalue weighted by Crippen LogP contribution is -1.98. The van der Waals surface area contributed by atoms with Gasteiger partial charge in [-0.1, -0.05) is 6.07 Å². The van der Waals surface area contributed by atoms with E-state index < -0.39 is 0 Å². The van der Waals surface area contributed by atoms with Crippen LogP contribution >= 0.6 is 0 Å². The largest absolute Gasteiger partial charge is 0.497 e. The van der Waals surface area contributed by atoms with Crippen LogP contribution in [0.2, 0.25) is 0 Å². The minimum absolute atomic E-state index is 0.791. The first-order valence-corrected chi connectivity index (χ1v) is 6.64. The molecule has 5 nitrogen and oxygen atoms in total. The van der Waals surface area contributed by atoms with Gasteiger partial charge in [0, 0.05) is 29.5 Å². The number of fused-ring (bicyclic) bond motifs is 1. The maximum Gasteiger partial charge on any atom is 0.215 e. The summed E-state index contributed by atoms with van der Waals surface area (Å²) in [5.74, 6) is 2.40. The summed E-state index contributed by atoms with van der Waals surface area (Å²) in [6, 6.07) is 11.8. The smallest absolute Gasteiger partial charge is 0.215 e. The zero-order chi connectivity index (χ0) is 14.7. The highest BCUT2D eigenvalue weighted by Gasteiger charge is 2.05. The van der Waals surface area contributed by atoms with E-state index in [1.165, 1.54) is 0 Å². The molecular weight excluding hydrogens is 263 g/mol. The molecule has 0 aliphatic heterocycles. The quantitative estimate of drug-likeness (QED) is 0.717. The molecule has 2 N–H and O–H groups in total. The van der Waals surface area contributed by atoms with Crippen molar-refractivity contribution in [2.24, 2.45) is 0 Å². The number of hydrogen-bond donors (Lipinski definition) is 2. The van der Waals surface area contributed by atoms with Gasteiger partial charge >= 0.3 is 0 Å². The summed E-state index contributed by atoms with van der Waals surface area (Å²) >= 11 is 0. The zero-order valence-electron chi connectivity index (χ0n) is 11.9. The monoisotopic (exact) mass is 278 g/mol. The number of nitrogens with zero attached hydrogens (tertiary/aromatic N) is 2. The van der Waals surface area contributed by atoms with Crippen molar-refractivity contribution in [2.75, 3.05) is 17.7 Å². The first-order chi connectivity index (χ1) is 10.3. The van der Waals surface area contributed by atoms with Crippen LogP contribution < -0.4 is 15.3 Å². The summed E-state index contributed by atoms with van der Waals surface area (Å²) in [5, 5.41) is 8.46. The van der Waals surface area contributed by atoms with Crippen molar-refractivity contribution in [2.45, 2.75) is 0 Å². The minimum atomic E-state index is 0.791. The third kappa shape index (κ3) is 2.74. The van der Waals surface area contributed by atoms with Crippen molar-refractivity contribution in [1.29, 1.82) is 0 Å². The molecule has 0 saturated carbocycles. The van der Waals surface area contributed by atoms with Crippen LogP contribution in [0, 0.1) is 0 Å². The maximum absolute atomic E-state index is 5.29. The van der Waals surface area contributed by atoms with Crippen molar-refractivity contribution in [3.63, 3.8) is 0 Å². The van der Waals surface area contributed by atoms with Gasteiger partial charge < -0.3 is 15.3 Å². The van der Waals surface area contributed by atoms with Crippen molar-refractivity contribution in [3.8, 4) is 5.75 Å². The van der Waals surface area contributed by atoms with E-state index in [4.69, 9.17) is 4.74 Å². The highest BCUT2D eigenvalue weighted by atomic mass is 16.5. The second-order valence-electron chi connectivity index (χ2n) is 4.55. The summed E-state index contributed by atoms with van der Waals surface area (Å²) in [6.45, 7) is 0. The SMILES string of the molecule is BNc1cc(Nc2nccc3ccc(OC)cc23)ccn1. The Labute approximate surface area is 123 Å². The Morgan fingerprint density at radius 1 is 1.05 bits per heavy atom. The number of nitrogens with one attached hydrogen (secondary N) is 2. The topological polar surface area (TPSA) is 59.1 Å². The van der Waals surface area contributed by atoms with Gasteiger partial charge in [-0.3, -0.25) is 0 Å². The molecule has 0 radical (unpaired) electrons. The van der Waals surface area contributed by atoms with Crippen LogP contribution in [0.25, 0.3) is 10.8 Å². The molecule has 2 aromatic heterocycles. The number of methoxy groups -OCH3 is 1. The van der Waals surface area contributed by atoms with Crippen LogP contribution in [0.3, 0.4) is 0 Å². The number of anilines is 3. The molecule has 2 heterocycles. The highest BCUT2D eigenvalue weighted by molar-refractivity contribution is 6.15. The normalized spacial score (nSPS) is 10.3. The molecule has 0 aliphatic rings. The Kier molecular flexibility index (Phi) is 3.60. The Morgan fingerprint density at radius 2 is 1.90 bits per heavy atom. The summed E-state index contributed by atoms with van der Waals surface area (Å²) in [5.41, 5.74) is 0.928. The van der Waals surface area contributed by atoms with Crippen LogP contribution in [0.15, 0.2) is 48.8 Å². The van der Waals surface area contributed by atoms with E-state index in [2.05, 4.69) is 20.5 Å². The summed E-state index contributed by atoms with van der Waals surface area (Å²) in [6.07, 6.45) is 3.54. The first-order valence-electron chi connectivity index (χ1n) is 6.64. The number of pyridine rings is 2. The maximum atomic E-state index is 5.29. The van der Waals surface area contributed by atoms with Crippen molar-refractivity contribution < 1.29 is 4.74 Å². The van der Waals surface area contributed by atoms with E-state index in [-0.39, 0.29) is 0 Å². The van der Waals surface area contributed by atoms with E-state index in [9.17, 15) is 0 Å². The fourth-order valence-electron chi connectivity index (χ4n) is 2.16. The Morgan fingerprint density at radius 3 is 2.71 bits per heavy atom. The molecule has 1 aromatic carbocycles. The van der Waals surface area contributed by atoms with Gasteiger partial charge in [0.05, 0.1) is 7.11 Å². The van der Waals surface area contributed by atoms with Crippen LogP contribution in [0.5, 0.6) is 5.75 Å². The minimum Gasteiger partial charge on any atom is -0.497 e. The van der Waals surface area contributed by atoms with Crippen molar-refractivity contribution >= 4 is 36.1 Å². The van der Waals surface area contributed by atoms with Crippen LogP contribution in [0.4, 0.5) is 17.3 Å². The lowest BCUT2D eigenvalue weighted by Gasteiger charge is -2.10. The average molecular weight is 278 g/mol. The van der Waals surface area contributed by atoms with Gasteiger partial charge in [-0.25, -0.2) is 9.97 Å². The highest BCUT2D eigenvalue weighted by Crippen LogP contribution is 2.28. The predicted molar refractivity (Wildman–Crippen MR) is 88.0 cm³/mol. The standard InChI is InChI=1S/C15H15BN4O/c1-21-12-3-2-10-4-6-18-15(13(10)9-12)19-11-5-7-17-14(8-11)20-16/h2-9H,16H2,1H3,(H2,17,18,19,20). The van der Waals surface area contributed by atoms with E-state index >= 15 is 0 Å². The van der Waals surface area contributed by atoms with E-state index in [1.807, 2.05) is 44.4 Å². The number of ether oxygens (including phenoxy) is 1. The van der Waals surface area contributed by atoms with Crippen LogP contribution in [0.1, 0.15) is 0 Å². The Balaban J connectivity index is 2.03. The lowest BCUT2D eigenvalue weighted by atomic mass is 10.1. The van der Waals surface area contributed by atoms with Gasteiger partial charge in [0.25, 0.3) is 0 Å². The molecule has 0 amide bonds. The molecule has 0 unspecified atom stereocenters. The van der Waals surface area contributed by atoms with Gasteiger partial charge in [-0.15, -0.1) is 0 Å². The van der Waals surface area contributed by atoms with E-state index in [0.29, 0.717) is 0 Å². The molecule has 3 rings (SSSR count). The second kappa shape index (κ2) is 5.70. The van der Waals surface area contributed by atoms with Gasteiger partial charge in [-0.2, -0.15) is 0 Å². The number of rotatable bonds is 4. The molecule has 3 aromatic rings. The molecule has 0 saturated heterocycles. The third-order valence-corrected chi connectivity index (χ3v) is 3.25. The van der Waals surface area contributed by atoms with Crippen LogP contribution in [-0.4, -0.2) is 25.1 Å². The molecule has 0 fully saturated rings.